The van der Waals surface area contributed by atoms with E-state index in [0.717, 1.165) is 30.5 Å². The molecule has 0 N–H and O–H groups in total. The fourth-order valence-electron chi connectivity index (χ4n) is 4.63. The van der Waals surface area contributed by atoms with Crippen LogP contribution in [-0.2, 0) is 17.6 Å². The van der Waals surface area contributed by atoms with Gasteiger partial charge < -0.3 is 9.64 Å². The number of carbonyl (C=O) groups excluding carboxylic acids is 2. The number of halogens is 1. The number of amides is 1. The van der Waals surface area contributed by atoms with Gasteiger partial charge in [0.05, 0.1) is 5.69 Å². The molecular formula is C27H29FN4O3. The highest BCUT2D eigenvalue weighted by atomic mass is 19.1. The summed E-state index contributed by atoms with van der Waals surface area (Å²) in [5, 5.41) is 4.44. The van der Waals surface area contributed by atoms with Crippen molar-refractivity contribution >= 4 is 12.0 Å². The Morgan fingerprint density at radius 1 is 1.09 bits per heavy atom. The van der Waals surface area contributed by atoms with Crippen LogP contribution in [0.3, 0.4) is 0 Å². The Balaban J connectivity index is 1.33. The smallest absolute Gasteiger partial charge is 0.435 e. The lowest BCUT2D eigenvalue weighted by Crippen LogP contribution is -2.44. The fourth-order valence-corrected chi connectivity index (χ4v) is 4.63. The van der Waals surface area contributed by atoms with E-state index < -0.39 is 17.5 Å². The molecule has 0 saturated heterocycles. The molecule has 2 heterocycles. The average Bonchev–Trinajstić information content (AvgIpc) is 3.55. The summed E-state index contributed by atoms with van der Waals surface area (Å²) in [6.45, 7) is 5.47. The molecule has 3 aromatic rings. The summed E-state index contributed by atoms with van der Waals surface area (Å²) in [6, 6.07) is 10.2. The van der Waals surface area contributed by atoms with Gasteiger partial charge in [-0.1, -0.05) is 12.1 Å². The first-order valence-electron chi connectivity index (χ1n) is 12.0. The minimum Gasteiger partial charge on any atom is -0.442 e. The molecule has 0 bridgehead atoms. The molecule has 2 aliphatic rings. The van der Waals surface area contributed by atoms with E-state index in [9.17, 15) is 14.0 Å². The summed E-state index contributed by atoms with van der Waals surface area (Å²) in [7, 11) is 0. The molecular weight excluding hydrogens is 447 g/mol. The van der Waals surface area contributed by atoms with Gasteiger partial charge in [0, 0.05) is 35.6 Å². The Bertz CT molecular complexity index is 1260. The van der Waals surface area contributed by atoms with Gasteiger partial charge in [0.2, 0.25) is 0 Å². The minimum absolute atomic E-state index is 0.0199. The fraction of sp³-hybridized carbons (Fsp3) is 0.407. The number of pyridine rings is 1. The third-order valence-corrected chi connectivity index (χ3v) is 6.36. The van der Waals surface area contributed by atoms with Crippen LogP contribution >= 0.6 is 0 Å². The van der Waals surface area contributed by atoms with Crippen molar-refractivity contribution in [2.45, 2.75) is 70.6 Å². The third-order valence-electron chi connectivity index (χ3n) is 6.36. The number of fused-ring (bicyclic) bond motifs is 1. The quantitative estimate of drug-likeness (QED) is 0.528. The monoisotopic (exact) mass is 476 g/mol. The number of benzene rings is 1. The Morgan fingerprint density at radius 3 is 2.49 bits per heavy atom. The lowest BCUT2D eigenvalue weighted by molar-refractivity contribution is 0.0513. The Hall–Kier alpha value is -3.55. The van der Waals surface area contributed by atoms with Crippen LogP contribution in [0.15, 0.2) is 48.8 Å². The maximum Gasteiger partial charge on any atom is 0.435 e. The summed E-state index contributed by atoms with van der Waals surface area (Å²) in [5.41, 5.74) is 2.75. The lowest BCUT2D eigenvalue weighted by atomic mass is 9.91. The van der Waals surface area contributed by atoms with Crippen LogP contribution < -0.4 is 0 Å². The zero-order chi connectivity index (χ0) is 24.7. The van der Waals surface area contributed by atoms with Gasteiger partial charge in [0.25, 0.3) is 5.91 Å². The zero-order valence-electron chi connectivity index (χ0n) is 20.2. The first-order valence-corrected chi connectivity index (χ1v) is 12.0. The predicted octanol–water partition coefficient (Wildman–Crippen LogP) is 5.03. The van der Waals surface area contributed by atoms with Gasteiger partial charge in [-0.15, -0.1) is 0 Å². The van der Waals surface area contributed by atoms with E-state index in [0.29, 0.717) is 24.0 Å². The molecule has 1 amide bonds. The largest absolute Gasteiger partial charge is 0.442 e. The van der Waals surface area contributed by atoms with Crippen LogP contribution in [0.2, 0.25) is 0 Å². The second kappa shape index (κ2) is 8.91. The molecule has 1 unspecified atom stereocenters. The van der Waals surface area contributed by atoms with E-state index in [4.69, 9.17) is 4.74 Å². The van der Waals surface area contributed by atoms with Crippen molar-refractivity contribution in [3.05, 3.63) is 71.4 Å². The minimum atomic E-state index is -0.598. The number of nitrogens with zero attached hydrogens (tertiary/aromatic N) is 4. The van der Waals surface area contributed by atoms with Gasteiger partial charge in [0.15, 0.2) is 0 Å². The Kier molecular flexibility index (Phi) is 5.91. The average molecular weight is 477 g/mol. The maximum atomic E-state index is 14.1. The van der Waals surface area contributed by atoms with Crippen molar-refractivity contribution in [2.24, 2.45) is 0 Å². The molecule has 7 nitrogen and oxygen atoms in total. The molecule has 0 aliphatic heterocycles. The van der Waals surface area contributed by atoms with Crippen LogP contribution in [0.5, 0.6) is 0 Å². The van der Waals surface area contributed by atoms with Crippen LogP contribution in [0.4, 0.5) is 9.18 Å². The number of aromatic nitrogens is 3. The second-order valence-corrected chi connectivity index (χ2v) is 10.3. The number of aryl methyl sites for hydroxylation is 1. The topological polar surface area (TPSA) is 77.3 Å². The SMILES string of the molecule is CC(C)(C)OC(=O)n1cc2c(n1)CCC(N(C(=O)c1ccc(-c3ncccc3F)cc1)C1CC1)C2. The summed E-state index contributed by atoms with van der Waals surface area (Å²) in [4.78, 5) is 32.1. The summed E-state index contributed by atoms with van der Waals surface area (Å²) >= 11 is 0. The highest BCUT2D eigenvalue weighted by Crippen LogP contribution is 2.35. The summed E-state index contributed by atoms with van der Waals surface area (Å²) < 4.78 is 20.8. The standard InChI is InChI=1S/C27H29FN4O3/c1-27(2,3)35-26(34)31-16-19-15-21(12-13-23(19)30-31)32(20-10-11-20)25(33)18-8-6-17(7-9-18)24-22(28)5-4-14-29-24/h4-9,14,16,20-21H,10-13,15H2,1-3H3. The highest BCUT2D eigenvalue weighted by Gasteiger charge is 2.39. The van der Waals surface area contributed by atoms with Crippen molar-refractivity contribution < 1.29 is 18.7 Å². The molecule has 0 spiro atoms. The molecule has 1 aromatic carbocycles. The van der Waals surface area contributed by atoms with Crippen molar-refractivity contribution in [1.82, 2.24) is 19.7 Å². The van der Waals surface area contributed by atoms with E-state index in [-0.39, 0.29) is 23.7 Å². The highest BCUT2D eigenvalue weighted by molar-refractivity contribution is 5.95. The number of hydrogen-bond donors (Lipinski definition) is 0. The van der Waals surface area contributed by atoms with E-state index in [1.54, 1.807) is 42.7 Å². The number of carbonyl (C=O) groups is 2. The van der Waals surface area contributed by atoms with Gasteiger partial charge in [0.1, 0.15) is 17.1 Å². The normalized spacial score (nSPS) is 17.5. The van der Waals surface area contributed by atoms with E-state index in [2.05, 4.69) is 10.1 Å². The molecule has 2 aromatic heterocycles. The molecule has 0 radical (unpaired) electrons. The Morgan fingerprint density at radius 2 is 1.83 bits per heavy atom. The Labute approximate surface area is 203 Å². The van der Waals surface area contributed by atoms with Crippen LogP contribution in [0.25, 0.3) is 11.3 Å². The van der Waals surface area contributed by atoms with Crippen molar-refractivity contribution in [1.29, 1.82) is 0 Å². The van der Waals surface area contributed by atoms with Gasteiger partial charge in [-0.3, -0.25) is 9.78 Å². The van der Waals surface area contributed by atoms with Crippen molar-refractivity contribution in [2.75, 3.05) is 0 Å². The lowest BCUT2D eigenvalue weighted by Gasteiger charge is -2.34. The maximum absolute atomic E-state index is 14.1. The van der Waals surface area contributed by atoms with Crippen LogP contribution in [-0.4, -0.2) is 49.3 Å². The summed E-state index contributed by atoms with van der Waals surface area (Å²) in [6.07, 6.45) is 6.91. The number of hydrogen-bond acceptors (Lipinski definition) is 5. The van der Waals surface area contributed by atoms with E-state index in [1.165, 1.54) is 10.7 Å². The summed E-state index contributed by atoms with van der Waals surface area (Å²) in [5.74, 6) is -0.412. The van der Waals surface area contributed by atoms with Crippen molar-refractivity contribution in [3.63, 3.8) is 0 Å². The molecule has 1 atom stereocenters. The molecule has 182 valence electrons. The van der Waals surface area contributed by atoms with Crippen LogP contribution in [0.1, 0.15) is 61.6 Å². The first-order chi connectivity index (χ1) is 16.7. The molecule has 2 aliphatic carbocycles. The van der Waals surface area contributed by atoms with Gasteiger partial charge in [-0.05, 0) is 82.7 Å². The molecule has 35 heavy (non-hydrogen) atoms. The van der Waals surface area contributed by atoms with Crippen LogP contribution in [0, 0.1) is 5.82 Å². The number of rotatable bonds is 4. The predicted molar refractivity (Wildman–Crippen MR) is 128 cm³/mol. The molecule has 5 rings (SSSR count). The van der Waals surface area contributed by atoms with E-state index in [1.807, 2.05) is 25.7 Å². The zero-order valence-corrected chi connectivity index (χ0v) is 20.2. The third kappa shape index (κ3) is 4.97. The first kappa shape index (κ1) is 23.2. The van der Waals surface area contributed by atoms with Gasteiger partial charge in [-0.25, -0.2) is 9.18 Å². The van der Waals surface area contributed by atoms with E-state index >= 15 is 0 Å². The second-order valence-electron chi connectivity index (χ2n) is 10.3. The number of ether oxygens (including phenoxy) is 1. The van der Waals surface area contributed by atoms with Gasteiger partial charge >= 0.3 is 6.09 Å². The van der Waals surface area contributed by atoms with Gasteiger partial charge in [-0.2, -0.15) is 9.78 Å². The molecule has 1 saturated carbocycles. The molecule has 8 heteroatoms. The van der Waals surface area contributed by atoms with Crippen molar-refractivity contribution in [3.8, 4) is 11.3 Å². The molecule has 1 fully saturated rings.